The molecule has 0 radical (unpaired) electrons. The van der Waals surface area contributed by atoms with Crippen LogP contribution in [-0.4, -0.2) is 41.2 Å². The lowest BCUT2D eigenvalue weighted by Gasteiger charge is -2.22. The average molecular weight is 431 g/mol. The Morgan fingerprint density at radius 3 is 2.47 bits per heavy atom. The Bertz CT molecular complexity index is 1200. The SMILES string of the molecule is CC[C@@H](Oc1ccc2ccccc2c1)C(=O)N(C)Cc1nc(-c2ccc(OC)cc2)no1. The van der Waals surface area contributed by atoms with Crippen molar-refractivity contribution in [1.82, 2.24) is 15.0 Å². The van der Waals surface area contributed by atoms with Crippen LogP contribution in [0.2, 0.25) is 0 Å². The Morgan fingerprint density at radius 1 is 1.03 bits per heavy atom. The summed E-state index contributed by atoms with van der Waals surface area (Å²) >= 11 is 0. The lowest BCUT2D eigenvalue weighted by atomic mass is 10.1. The Labute approximate surface area is 186 Å². The number of benzene rings is 3. The van der Waals surface area contributed by atoms with Crippen molar-refractivity contribution in [3.05, 3.63) is 72.6 Å². The van der Waals surface area contributed by atoms with Crippen LogP contribution in [0.15, 0.2) is 71.3 Å². The highest BCUT2D eigenvalue weighted by Crippen LogP contribution is 2.23. The van der Waals surface area contributed by atoms with Crippen LogP contribution in [0.25, 0.3) is 22.2 Å². The van der Waals surface area contributed by atoms with Gasteiger partial charge in [0, 0.05) is 12.6 Å². The summed E-state index contributed by atoms with van der Waals surface area (Å²) in [5, 5.41) is 6.21. The van der Waals surface area contributed by atoms with E-state index in [9.17, 15) is 4.79 Å². The molecule has 0 saturated carbocycles. The van der Waals surface area contributed by atoms with E-state index in [2.05, 4.69) is 10.1 Å². The predicted octanol–water partition coefficient (Wildman–Crippen LogP) is 4.71. The zero-order valence-corrected chi connectivity index (χ0v) is 18.3. The van der Waals surface area contributed by atoms with Crippen molar-refractivity contribution < 1.29 is 18.8 Å². The summed E-state index contributed by atoms with van der Waals surface area (Å²) in [5.74, 6) is 2.08. The molecule has 0 N–H and O–H groups in total. The molecule has 1 atom stereocenters. The molecule has 32 heavy (non-hydrogen) atoms. The smallest absolute Gasteiger partial charge is 0.263 e. The topological polar surface area (TPSA) is 77.7 Å². The molecule has 0 aliphatic carbocycles. The van der Waals surface area contributed by atoms with Crippen molar-refractivity contribution in [2.24, 2.45) is 0 Å². The number of ether oxygens (including phenoxy) is 2. The number of amides is 1. The van der Waals surface area contributed by atoms with E-state index in [1.807, 2.05) is 73.7 Å². The van der Waals surface area contributed by atoms with Crippen LogP contribution in [0.1, 0.15) is 19.2 Å². The van der Waals surface area contributed by atoms with Crippen LogP contribution >= 0.6 is 0 Å². The molecule has 0 unspecified atom stereocenters. The van der Waals surface area contributed by atoms with Gasteiger partial charge in [-0.3, -0.25) is 4.79 Å². The minimum Gasteiger partial charge on any atom is -0.497 e. The number of rotatable bonds is 8. The molecule has 0 bridgehead atoms. The lowest BCUT2D eigenvalue weighted by molar-refractivity contribution is -0.138. The fourth-order valence-corrected chi connectivity index (χ4v) is 3.42. The summed E-state index contributed by atoms with van der Waals surface area (Å²) in [4.78, 5) is 18.9. The molecular weight excluding hydrogens is 406 g/mol. The van der Waals surface area contributed by atoms with Gasteiger partial charge in [-0.05, 0) is 53.6 Å². The number of hydrogen-bond donors (Lipinski definition) is 0. The maximum atomic E-state index is 13.0. The molecule has 0 aliphatic rings. The Hall–Kier alpha value is -3.87. The van der Waals surface area contributed by atoms with Gasteiger partial charge in [-0.15, -0.1) is 0 Å². The first-order valence-electron chi connectivity index (χ1n) is 10.4. The summed E-state index contributed by atoms with van der Waals surface area (Å²) in [7, 11) is 3.31. The monoisotopic (exact) mass is 431 g/mol. The van der Waals surface area contributed by atoms with Crippen molar-refractivity contribution in [1.29, 1.82) is 0 Å². The average Bonchev–Trinajstić information content (AvgIpc) is 3.30. The normalized spacial score (nSPS) is 11.8. The van der Waals surface area contributed by atoms with E-state index in [0.717, 1.165) is 22.1 Å². The van der Waals surface area contributed by atoms with Crippen molar-refractivity contribution >= 4 is 16.7 Å². The third-order valence-corrected chi connectivity index (χ3v) is 5.21. The highest BCUT2D eigenvalue weighted by atomic mass is 16.5. The van der Waals surface area contributed by atoms with Crippen LogP contribution in [0, 0.1) is 0 Å². The van der Waals surface area contributed by atoms with E-state index >= 15 is 0 Å². The molecule has 3 aromatic carbocycles. The number of fused-ring (bicyclic) bond motifs is 1. The minimum absolute atomic E-state index is 0.148. The molecule has 1 heterocycles. The quantitative estimate of drug-likeness (QED) is 0.402. The van der Waals surface area contributed by atoms with Crippen LogP contribution in [0.4, 0.5) is 0 Å². The standard InChI is InChI=1S/C25H25N3O4/c1-4-22(31-21-14-9-17-7-5-6-8-19(17)15-21)25(29)28(2)16-23-26-24(27-32-23)18-10-12-20(30-3)13-11-18/h5-15,22H,4,16H2,1-3H3/t22-/m1/s1. The van der Waals surface area contributed by atoms with Crippen molar-refractivity contribution in [3.63, 3.8) is 0 Å². The predicted molar refractivity (Wildman–Crippen MR) is 121 cm³/mol. The largest absolute Gasteiger partial charge is 0.497 e. The van der Waals surface area contributed by atoms with Gasteiger partial charge in [0.1, 0.15) is 11.5 Å². The first-order valence-corrected chi connectivity index (χ1v) is 10.4. The summed E-state index contributed by atoms with van der Waals surface area (Å²) < 4.78 is 16.5. The molecule has 0 spiro atoms. The van der Waals surface area contributed by atoms with E-state index in [1.54, 1.807) is 19.1 Å². The van der Waals surface area contributed by atoms with Gasteiger partial charge in [0.05, 0.1) is 13.7 Å². The zero-order chi connectivity index (χ0) is 22.5. The van der Waals surface area contributed by atoms with Gasteiger partial charge in [-0.1, -0.05) is 42.4 Å². The Balaban J connectivity index is 1.41. The summed E-state index contributed by atoms with van der Waals surface area (Å²) in [6.45, 7) is 2.12. The van der Waals surface area contributed by atoms with E-state index in [-0.39, 0.29) is 12.5 Å². The molecule has 0 saturated heterocycles. The van der Waals surface area contributed by atoms with Gasteiger partial charge in [0.25, 0.3) is 5.91 Å². The number of nitrogens with zero attached hydrogens (tertiary/aromatic N) is 3. The second-order valence-corrected chi connectivity index (χ2v) is 7.46. The summed E-state index contributed by atoms with van der Waals surface area (Å²) in [6, 6.07) is 21.2. The molecule has 7 nitrogen and oxygen atoms in total. The molecular formula is C25H25N3O4. The number of carbonyl (C=O) groups excluding carboxylic acids is 1. The number of aromatic nitrogens is 2. The van der Waals surface area contributed by atoms with Gasteiger partial charge in [-0.2, -0.15) is 4.98 Å². The maximum Gasteiger partial charge on any atom is 0.263 e. The second-order valence-electron chi connectivity index (χ2n) is 7.46. The zero-order valence-electron chi connectivity index (χ0n) is 18.3. The fourth-order valence-electron chi connectivity index (χ4n) is 3.42. The minimum atomic E-state index is -0.606. The highest BCUT2D eigenvalue weighted by Gasteiger charge is 2.24. The number of carbonyl (C=O) groups is 1. The van der Waals surface area contributed by atoms with E-state index in [1.165, 1.54) is 0 Å². The molecule has 0 fully saturated rings. The molecule has 1 amide bonds. The van der Waals surface area contributed by atoms with Gasteiger partial charge < -0.3 is 18.9 Å². The van der Waals surface area contributed by atoms with Crippen LogP contribution < -0.4 is 9.47 Å². The second kappa shape index (κ2) is 9.51. The molecule has 4 aromatic rings. The van der Waals surface area contributed by atoms with E-state index < -0.39 is 6.10 Å². The molecule has 164 valence electrons. The number of likely N-dealkylation sites (N-methyl/N-ethyl adjacent to an activating group) is 1. The lowest BCUT2D eigenvalue weighted by Crippen LogP contribution is -2.39. The first kappa shape index (κ1) is 21.4. The molecule has 1 aromatic heterocycles. The van der Waals surface area contributed by atoms with E-state index in [0.29, 0.717) is 23.9 Å². The summed E-state index contributed by atoms with van der Waals surface area (Å²) in [5.41, 5.74) is 0.806. The fraction of sp³-hybridized carbons (Fsp3) is 0.240. The van der Waals surface area contributed by atoms with Crippen molar-refractivity contribution in [3.8, 4) is 22.9 Å². The van der Waals surface area contributed by atoms with Gasteiger partial charge in [0.2, 0.25) is 11.7 Å². The first-order chi connectivity index (χ1) is 15.6. The number of methoxy groups -OCH3 is 1. The van der Waals surface area contributed by atoms with Crippen molar-refractivity contribution in [2.45, 2.75) is 26.0 Å². The molecule has 7 heteroatoms. The van der Waals surface area contributed by atoms with Crippen LogP contribution in [0.5, 0.6) is 11.5 Å². The third-order valence-electron chi connectivity index (χ3n) is 5.21. The third kappa shape index (κ3) is 4.72. The maximum absolute atomic E-state index is 13.0. The van der Waals surface area contributed by atoms with Crippen molar-refractivity contribution in [2.75, 3.05) is 14.2 Å². The van der Waals surface area contributed by atoms with Crippen LogP contribution in [0.3, 0.4) is 0 Å². The Morgan fingerprint density at radius 2 is 1.75 bits per heavy atom. The summed E-state index contributed by atoms with van der Waals surface area (Å²) in [6.07, 6.45) is -0.0677. The molecule has 0 aliphatic heterocycles. The van der Waals surface area contributed by atoms with Gasteiger partial charge in [-0.25, -0.2) is 0 Å². The van der Waals surface area contributed by atoms with Gasteiger partial charge >= 0.3 is 0 Å². The van der Waals surface area contributed by atoms with Crippen LogP contribution in [-0.2, 0) is 11.3 Å². The van der Waals surface area contributed by atoms with Gasteiger partial charge in [0.15, 0.2) is 6.10 Å². The highest BCUT2D eigenvalue weighted by molar-refractivity contribution is 5.84. The van der Waals surface area contributed by atoms with E-state index in [4.69, 9.17) is 14.0 Å². The Kier molecular flexibility index (Phi) is 6.35. The number of hydrogen-bond acceptors (Lipinski definition) is 6. The molecule has 4 rings (SSSR count).